The van der Waals surface area contributed by atoms with Crippen LogP contribution in [0.25, 0.3) is 0 Å². The third-order valence-electron chi connectivity index (χ3n) is 2.21. The molecule has 0 saturated heterocycles. The van der Waals surface area contributed by atoms with E-state index in [4.69, 9.17) is 15.3 Å². The number of aliphatic carboxylic acids is 2. The van der Waals surface area contributed by atoms with Gasteiger partial charge in [0.1, 0.15) is 13.5 Å². The van der Waals surface area contributed by atoms with Crippen LogP contribution in [0.4, 0.5) is 5.69 Å². The molecule has 0 bridgehead atoms. The summed E-state index contributed by atoms with van der Waals surface area (Å²) in [6.45, 7) is -0.317. The van der Waals surface area contributed by atoms with Gasteiger partial charge in [-0.15, -0.1) is 0 Å². The van der Waals surface area contributed by atoms with E-state index >= 15 is 0 Å². The van der Waals surface area contributed by atoms with Gasteiger partial charge in [0.15, 0.2) is 5.92 Å². The number of aliphatic hydroxyl groups excluding tert-OH is 1. The molecule has 0 heterocycles. The lowest BCUT2D eigenvalue weighted by Gasteiger charge is -2.10. The SMILES string of the molecule is O=C(O)C(C(=O)O)c1ccc(NCOCO)cc1. The van der Waals surface area contributed by atoms with Gasteiger partial charge in [0, 0.05) is 5.69 Å². The van der Waals surface area contributed by atoms with E-state index in [9.17, 15) is 9.59 Å². The Kier molecular flexibility index (Phi) is 5.09. The Labute approximate surface area is 103 Å². The smallest absolute Gasteiger partial charge is 0.322 e. The molecule has 0 atom stereocenters. The molecule has 0 aliphatic rings. The third kappa shape index (κ3) is 3.72. The van der Waals surface area contributed by atoms with Gasteiger partial charge in [-0.1, -0.05) is 12.1 Å². The quantitative estimate of drug-likeness (QED) is 0.314. The Morgan fingerprint density at radius 1 is 1.17 bits per heavy atom. The maximum absolute atomic E-state index is 10.8. The molecule has 0 amide bonds. The van der Waals surface area contributed by atoms with Crippen molar-refractivity contribution in [1.82, 2.24) is 0 Å². The minimum absolute atomic E-state index is 0.0944. The number of nitrogens with one attached hydrogen (secondary N) is 1. The normalized spacial score (nSPS) is 10.3. The molecule has 18 heavy (non-hydrogen) atoms. The van der Waals surface area contributed by atoms with Crippen LogP contribution in [0.15, 0.2) is 24.3 Å². The Hall–Kier alpha value is -2.12. The van der Waals surface area contributed by atoms with Gasteiger partial charge >= 0.3 is 11.9 Å². The fourth-order valence-corrected chi connectivity index (χ4v) is 1.36. The average Bonchev–Trinajstić information content (AvgIpc) is 2.30. The van der Waals surface area contributed by atoms with E-state index in [2.05, 4.69) is 10.1 Å². The Morgan fingerprint density at radius 2 is 1.72 bits per heavy atom. The van der Waals surface area contributed by atoms with E-state index in [1.165, 1.54) is 24.3 Å². The lowest BCUT2D eigenvalue weighted by Crippen LogP contribution is -2.21. The summed E-state index contributed by atoms with van der Waals surface area (Å²) < 4.78 is 4.65. The molecule has 0 radical (unpaired) electrons. The molecule has 0 saturated carbocycles. The molecule has 0 aromatic heterocycles. The molecule has 0 fully saturated rings. The summed E-state index contributed by atoms with van der Waals surface area (Å²) in [5.41, 5.74) is 0.811. The highest BCUT2D eigenvalue weighted by Crippen LogP contribution is 2.19. The van der Waals surface area contributed by atoms with Crippen molar-refractivity contribution in [3.8, 4) is 0 Å². The van der Waals surface area contributed by atoms with Gasteiger partial charge in [-0.2, -0.15) is 0 Å². The molecule has 1 rings (SSSR count). The molecule has 0 aliphatic carbocycles. The monoisotopic (exact) mass is 255 g/mol. The number of carboxylic acids is 2. The van der Waals surface area contributed by atoms with E-state index < -0.39 is 24.6 Å². The van der Waals surface area contributed by atoms with Crippen molar-refractivity contribution in [3.05, 3.63) is 29.8 Å². The number of ether oxygens (including phenoxy) is 1. The summed E-state index contributed by atoms with van der Waals surface area (Å²) in [7, 11) is 0. The largest absolute Gasteiger partial charge is 0.480 e. The van der Waals surface area contributed by atoms with E-state index in [-0.39, 0.29) is 12.3 Å². The van der Waals surface area contributed by atoms with Crippen LogP contribution in [0.5, 0.6) is 0 Å². The molecule has 0 aliphatic heterocycles. The van der Waals surface area contributed by atoms with Gasteiger partial charge in [-0.05, 0) is 17.7 Å². The van der Waals surface area contributed by atoms with Gasteiger partial charge in [0.2, 0.25) is 0 Å². The first kappa shape index (κ1) is 13.9. The van der Waals surface area contributed by atoms with Crippen LogP contribution >= 0.6 is 0 Å². The predicted molar refractivity (Wildman–Crippen MR) is 61.1 cm³/mol. The topological polar surface area (TPSA) is 116 Å². The molecule has 1 aromatic carbocycles. The van der Waals surface area contributed by atoms with Crippen LogP contribution in [-0.4, -0.2) is 40.8 Å². The number of anilines is 1. The van der Waals surface area contributed by atoms with Gasteiger partial charge in [-0.3, -0.25) is 9.59 Å². The average molecular weight is 255 g/mol. The second-order valence-corrected chi connectivity index (χ2v) is 3.39. The summed E-state index contributed by atoms with van der Waals surface area (Å²) in [6.07, 6.45) is 0. The van der Waals surface area contributed by atoms with Crippen LogP contribution < -0.4 is 5.32 Å². The molecule has 7 heteroatoms. The summed E-state index contributed by atoms with van der Waals surface area (Å²) in [5, 5.41) is 28.8. The number of hydrogen-bond acceptors (Lipinski definition) is 5. The number of benzene rings is 1. The van der Waals surface area contributed by atoms with Crippen LogP contribution in [-0.2, 0) is 14.3 Å². The van der Waals surface area contributed by atoms with Crippen molar-refractivity contribution in [2.45, 2.75) is 5.92 Å². The number of aliphatic hydroxyl groups is 1. The van der Waals surface area contributed by atoms with E-state index in [0.29, 0.717) is 5.69 Å². The molecule has 0 unspecified atom stereocenters. The molecule has 98 valence electrons. The van der Waals surface area contributed by atoms with Gasteiger partial charge < -0.3 is 25.4 Å². The molecule has 4 N–H and O–H groups in total. The Morgan fingerprint density at radius 3 is 2.17 bits per heavy atom. The third-order valence-corrected chi connectivity index (χ3v) is 2.21. The second kappa shape index (κ2) is 6.58. The Balaban J connectivity index is 2.74. The molecule has 0 spiro atoms. The van der Waals surface area contributed by atoms with Crippen LogP contribution in [0.2, 0.25) is 0 Å². The summed E-state index contributed by atoms with van der Waals surface area (Å²) >= 11 is 0. The maximum atomic E-state index is 10.8. The van der Waals surface area contributed by atoms with Crippen LogP contribution in [0.3, 0.4) is 0 Å². The van der Waals surface area contributed by atoms with E-state index in [0.717, 1.165) is 0 Å². The zero-order valence-corrected chi connectivity index (χ0v) is 9.37. The fourth-order valence-electron chi connectivity index (χ4n) is 1.36. The van der Waals surface area contributed by atoms with Gasteiger partial charge in [0.25, 0.3) is 0 Å². The molecule has 1 aromatic rings. The predicted octanol–water partition coefficient (Wildman–Crippen LogP) is 0.275. The van der Waals surface area contributed by atoms with Crippen molar-refractivity contribution in [1.29, 1.82) is 0 Å². The zero-order valence-electron chi connectivity index (χ0n) is 9.37. The van der Waals surface area contributed by atoms with Gasteiger partial charge in [-0.25, -0.2) is 0 Å². The van der Waals surface area contributed by atoms with Crippen LogP contribution in [0.1, 0.15) is 11.5 Å². The first-order valence-electron chi connectivity index (χ1n) is 5.04. The molecule has 7 nitrogen and oxygen atoms in total. The zero-order chi connectivity index (χ0) is 13.5. The number of rotatable bonds is 7. The lowest BCUT2D eigenvalue weighted by molar-refractivity contribution is -0.150. The Bertz CT molecular complexity index is 402. The van der Waals surface area contributed by atoms with E-state index in [1.54, 1.807) is 0 Å². The fraction of sp³-hybridized carbons (Fsp3) is 0.273. The first-order chi connectivity index (χ1) is 8.56. The summed E-state index contributed by atoms with van der Waals surface area (Å²) in [6, 6.07) is 5.90. The number of hydrogen-bond donors (Lipinski definition) is 4. The summed E-state index contributed by atoms with van der Waals surface area (Å²) in [4.78, 5) is 21.6. The summed E-state index contributed by atoms with van der Waals surface area (Å²) in [5.74, 6) is -4.40. The molecular formula is C11H13NO6. The standard InChI is InChI=1S/C11H13NO6/c13-6-18-5-12-8-3-1-7(2-4-8)9(10(14)15)11(16)17/h1-4,9,12-13H,5-6H2,(H,14,15)(H,16,17). The first-order valence-corrected chi connectivity index (χ1v) is 5.04. The molecular weight excluding hydrogens is 242 g/mol. The van der Waals surface area contributed by atoms with E-state index in [1.807, 2.05) is 0 Å². The minimum atomic E-state index is -1.58. The van der Waals surface area contributed by atoms with Gasteiger partial charge in [0.05, 0.1) is 0 Å². The lowest BCUT2D eigenvalue weighted by atomic mass is 9.99. The highest BCUT2D eigenvalue weighted by atomic mass is 16.6. The van der Waals surface area contributed by atoms with Crippen molar-refractivity contribution < 1.29 is 29.6 Å². The highest BCUT2D eigenvalue weighted by Gasteiger charge is 2.27. The highest BCUT2D eigenvalue weighted by molar-refractivity contribution is 5.99. The van der Waals surface area contributed by atoms with Crippen molar-refractivity contribution in [2.75, 3.05) is 18.8 Å². The maximum Gasteiger partial charge on any atom is 0.322 e. The van der Waals surface area contributed by atoms with Crippen molar-refractivity contribution >= 4 is 17.6 Å². The minimum Gasteiger partial charge on any atom is -0.480 e. The number of carboxylic acid groups (broad SMARTS) is 2. The van der Waals surface area contributed by atoms with Crippen molar-refractivity contribution in [3.63, 3.8) is 0 Å². The van der Waals surface area contributed by atoms with Crippen LogP contribution in [0, 0.1) is 0 Å². The second-order valence-electron chi connectivity index (χ2n) is 3.39. The number of carbonyl (C=O) groups is 2. The van der Waals surface area contributed by atoms with Crippen molar-refractivity contribution in [2.24, 2.45) is 0 Å².